The molecule has 0 bridgehead atoms. The summed E-state index contributed by atoms with van der Waals surface area (Å²) in [6, 6.07) is 13.5. The van der Waals surface area contributed by atoms with Gasteiger partial charge in [-0.2, -0.15) is 0 Å². The molecule has 64 valence electrons. The lowest BCUT2D eigenvalue weighted by Gasteiger charge is -2.00. The molecule has 0 aliphatic heterocycles. The Hall–Kier alpha value is -1.83. The summed E-state index contributed by atoms with van der Waals surface area (Å²) in [7, 11) is 0. The Kier molecular flexibility index (Phi) is 1.96. The number of hydrogen-bond acceptors (Lipinski definition) is 1. The van der Waals surface area contributed by atoms with Crippen molar-refractivity contribution in [3.63, 3.8) is 0 Å². The molecule has 2 rings (SSSR count). The van der Waals surface area contributed by atoms with Gasteiger partial charge in [0.25, 0.3) is 0 Å². The molecule has 2 nitrogen and oxygen atoms in total. The van der Waals surface area contributed by atoms with Crippen LogP contribution >= 0.6 is 0 Å². The summed E-state index contributed by atoms with van der Waals surface area (Å²) in [6.45, 7) is 0. The molecule has 0 saturated heterocycles. The van der Waals surface area contributed by atoms with Crippen LogP contribution < -0.4 is 0 Å². The van der Waals surface area contributed by atoms with Crippen molar-refractivity contribution >= 4 is 5.71 Å². The number of aromatic amines is 1. The highest BCUT2D eigenvalue weighted by Gasteiger charge is 2.02. The molecule has 0 aliphatic carbocycles. The van der Waals surface area contributed by atoms with E-state index in [1.165, 1.54) is 0 Å². The van der Waals surface area contributed by atoms with Crippen molar-refractivity contribution in [3.8, 4) is 0 Å². The van der Waals surface area contributed by atoms with Gasteiger partial charge in [0.2, 0.25) is 0 Å². The van der Waals surface area contributed by atoms with Crippen LogP contribution in [0.4, 0.5) is 0 Å². The Morgan fingerprint density at radius 1 is 1.00 bits per heavy atom. The Morgan fingerprint density at radius 2 is 1.77 bits per heavy atom. The first kappa shape index (κ1) is 7.80. The van der Waals surface area contributed by atoms with E-state index in [-0.39, 0.29) is 0 Å². The largest absolute Gasteiger partial charge is 0.360 e. The number of benzene rings is 1. The van der Waals surface area contributed by atoms with Gasteiger partial charge in [0.05, 0.1) is 11.4 Å². The van der Waals surface area contributed by atoms with Gasteiger partial charge in [0.1, 0.15) is 0 Å². The number of rotatable bonds is 2. The zero-order valence-electron chi connectivity index (χ0n) is 7.12. The predicted octanol–water partition coefficient (Wildman–Crippen LogP) is 2.43. The van der Waals surface area contributed by atoms with Gasteiger partial charge in [-0.3, -0.25) is 5.41 Å². The molecule has 1 aromatic carbocycles. The third-order valence-corrected chi connectivity index (χ3v) is 1.93. The number of aromatic nitrogens is 1. The standard InChI is InChI=1S/C11H10N2/c12-11(10-7-4-8-13-10)9-5-2-1-3-6-9/h1-8,12-13H. The fourth-order valence-corrected chi connectivity index (χ4v) is 1.25. The van der Waals surface area contributed by atoms with Gasteiger partial charge in [0.15, 0.2) is 0 Å². The van der Waals surface area contributed by atoms with Crippen molar-refractivity contribution in [1.29, 1.82) is 5.41 Å². The molecular weight excluding hydrogens is 160 g/mol. The molecule has 0 atom stereocenters. The third kappa shape index (κ3) is 1.51. The first-order chi connectivity index (χ1) is 6.38. The van der Waals surface area contributed by atoms with E-state index in [4.69, 9.17) is 5.41 Å². The molecule has 2 N–H and O–H groups in total. The molecule has 0 saturated carbocycles. The maximum Gasteiger partial charge on any atom is 0.0846 e. The van der Waals surface area contributed by atoms with E-state index in [0.717, 1.165) is 11.3 Å². The van der Waals surface area contributed by atoms with E-state index in [1.807, 2.05) is 48.7 Å². The number of nitrogens with one attached hydrogen (secondary N) is 2. The van der Waals surface area contributed by atoms with Crippen LogP contribution in [0.1, 0.15) is 11.3 Å². The summed E-state index contributed by atoms with van der Waals surface area (Å²) < 4.78 is 0. The van der Waals surface area contributed by atoms with Gasteiger partial charge < -0.3 is 4.98 Å². The van der Waals surface area contributed by atoms with E-state index in [1.54, 1.807) is 0 Å². The summed E-state index contributed by atoms with van der Waals surface area (Å²) in [5.74, 6) is 0. The minimum absolute atomic E-state index is 0.533. The monoisotopic (exact) mass is 170 g/mol. The van der Waals surface area contributed by atoms with Crippen LogP contribution in [0.3, 0.4) is 0 Å². The fraction of sp³-hybridized carbons (Fsp3) is 0. The van der Waals surface area contributed by atoms with E-state index in [9.17, 15) is 0 Å². The van der Waals surface area contributed by atoms with Crippen molar-refractivity contribution in [2.45, 2.75) is 0 Å². The lowest BCUT2D eigenvalue weighted by molar-refractivity contribution is 1.33. The topological polar surface area (TPSA) is 39.6 Å². The van der Waals surface area contributed by atoms with E-state index in [2.05, 4.69) is 4.98 Å². The predicted molar refractivity (Wildman–Crippen MR) is 53.2 cm³/mol. The summed E-state index contributed by atoms with van der Waals surface area (Å²) >= 11 is 0. The van der Waals surface area contributed by atoms with Gasteiger partial charge in [0, 0.05) is 11.8 Å². The van der Waals surface area contributed by atoms with Crippen molar-refractivity contribution in [3.05, 3.63) is 59.9 Å². The van der Waals surface area contributed by atoms with Crippen LogP contribution in [0.15, 0.2) is 48.7 Å². The lowest BCUT2D eigenvalue weighted by Crippen LogP contribution is -2.00. The van der Waals surface area contributed by atoms with Crippen molar-refractivity contribution < 1.29 is 0 Å². The fourth-order valence-electron chi connectivity index (χ4n) is 1.25. The summed E-state index contributed by atoms with van der Waals surface area (Å²) in [6.07, 6.45) is 1.83. The third-order valence-electron chi connectivity index (χ3n) is 1.93. The molecule has 0 spiro atoms. The second-order valence-electron chi connectivity index (χ2n) is 2.82. The average Bonchev–Trinajstić information content (AvgIpc) is 2.71. The second-order valence-corrected chi connectivity index (χ2v) is 2.82. The first-order valence-electron chi connectivity index (χ1n) is 4.15. The second kappa shape index (κ2) is 3.27. The van der Waals surface area contributed by atoms with E-state index >= 15 is 0 Å². The average molecular weight is 170 g/mol. The van der Waals surface area contributed by atoms with Gasteiger partial charge in [-0.15, -0.1) is 0 Å². The maximum absolute atomic E-state index is 7.86. The van der Waals surface area contributed by atoms with Gasteiger partial charge in [-0.25, -0.2) is 0 Å². The summed E-state index contributed by atoms with van der Waals surface area (Å²) in [5.41, 5.74) is 2.32. The maximum atomic E-state index is 7.86. The lowest BCUT2D eigenvalue weighted by atomic mass is 10.1. The van der Waals surface area contributed by atoms with Crippen LogP contribution in [-0.2, 0) is 0 Å². The molecule has 0 fully saturated rings. The van der Waals surface area contributed by atoms with Gasteiger partial charge >= 0.3 is 0 Å². The highest BCUT2D eigenvalue weighted by molar-refractivity contribution is 6.09. The van der Waals surface area contributed by atoms with E-state index < -0.39 is 0 Å². The zero-order chi connectivity index (χ0) is 9.10. The molecular formula is C11H10N2. The molecule has 1 aromatic heterocycles. The van der Waals surface area contributed by atoms with Crippen LogP contribution in [0.25, 0.3) is 0 Å². The quantitative estimate of drug-likeness (QED) is 0.650. The van der Waals surface area contributed by atoms with E-state index in [0.29, 0.717) is 5.71 Å². The van der Waals surface area contributed by atoms with Crippen molar-refractivity contribution in [2.75, 3.05) is 0 Å². The SMILES string of the molecule is N=C(c1ccccc1)c1ccc[nH]1. The molecule has 2 aromatic rings. The van der Waals surface area contributed by atoms with Crippen molar-refractivity contribution in [1.82, 2.24) is 4.98 Å². The Balaban J connectivity index is 2.34. The smallest absolute Gasteiger partial charge is 0.0846 e. The summed E-state index contributed by atoms with van der Waals surface area (Å²) in [4.78, 5) is 3.01. The first-order valence-corrected chi connectivity index (χ1v) is 4.15. The number of hydrogen-bond donors (Lipinski definition) is 2. The molecule has 0 aliphatic rings. The Bertz CT molecular complexity index is 387. The van der Waals surface area contributed by atoms with Crippen molar-refractivity contribution in [2.24, 2.45) is 0 Å². The highest BCUT2D eigenvalue weighted by Crippen LogP contribution is 2.06. The van der Waals surface area contributed by atoms with Gasteiger partial charge in [-0.05, 0) is 12.1 Å². The Labute approximate surface area is 76.7 Å². The molecule has 13 heavy (non-hydrogen) atoms. The Morgan fingerprint density at radius 3 is 2.38 bits per heavy atom. The van der Waals surface area contributed by atoms with Crippen LogP contribution in [0, 0.1) is 5.41 Å². The molecule has 0 unspecified atom stereocenters. The van der Waals surface area contributed by atoms with Crippen LogP contribution in [0.5, 0.6) is 0 Å². The van der Waals surface area contributed by atoms with Gasteiger partial charge in [-0.1, -0.05) is 30.3 Å². The molecule has 1 heterocycles. The minimum atomic E-state index is 0.533. The molecule has 2 heteroatoms. The number of H-pyrrole nitrogens is 1. The molecule has 0 radical (unpaired) electrons. The highest BCUT2D eigenvalue weighted by atomic mass is 14.7. The van der Waals surface area contributed by atoms with Crippen LogP contribution in [-0.4, -0.2) is 10.7 Å². The minimum Gasteiger partial charge on any atom is -0.360 e. The molecule has 0 amide bonds. The normalized spacial score (nSPS) is 9.85. The van der Waals surface area contributed by atoms with Crippen LogP contribution in [0.2, 0.25) is 0 Å². The summed E-state index contributed by atoms with van der Waals surface area (Å²) in [5, 5.41) is 7.86. The zero-order valence-corrected chi connectivity index (χ0v) is 7.12.